The second kappa shape index (κ2) is 8.79. The van der Waals surface area contributed by atoms with Crippen LogP contribution in [0.15, 0.2) is 67.3 Å². The molecule has 1 amide bonds. The molecule has 3 aromatic heterocycles. The Hall–Kier alpha value is -3.65. The summed E-state index contributed by atoms with van der Waals surface area (Å²) < 4.78 is 14.6. The Kier molecular flexibility index (Phi) is 5.76. The van der Waals surface area contributed by atoms with Crippen LogP contribution in [0.5, 0.6) is 5.75 Å². The van der Waals surface area contributed by atoms with E-state index in [-0.39, 0.29) is 5.91 Å². The van der Waals surface area contributed by atoms with Gasteiger partial charge in [0.15, 0.2) is 0 Å². The highest BCUT2D eigenvalue weighted by atomic mass is 16.5. The van der Waals surface area contributed by atoms with Crippen molar-refractivity contribution in [2.45, 2.75) is 26.2 Å². The van der Waals surface area contributed by atoms with Crippen LogP contribution in [0.1, 0.15) is 18.2 Å². The SMILES string of the molecule is COc1cccc(COC(C)C(=O)Nc2cnn(Cc3cn4ccccc4n3)c2)c1. The van der Waals surface area contributed by atoms with Crippen LogP contribution in [-0.4, -0.2) is 38.3 Å². The molecular weight excluding hydrogens is 382 g/mol. The molecule has 1 N–H and O–H groups in total. The number of pyridine rings is 1. The summed E-state index contributed by atoms with van der Waals surface area (Å²) >= 11 is 0. The molecule has 0 aliphatic heterocycles. The zero-order chi connectivity index (χ0) is 20.9. The minimum atomic E-state index is -0.613. The molecule has 0 aliphatic rings. The predicted molar refractivity (Wildman–Crippen MR) is 112 cm³/mol. The molecule has 8 nitrogen and oxygen atoms in total. The molecule has 1 unspecified atom stereocenters. The molecular formula is C22H23N5O3. The lowest BCUT2D eigenvalue weighted by Crippen LogP contribution is -2.27. The minimum Gasteiger partial charge on any atom is -0.497 e. The fourth-order valence-corrected chi connectivity index (χ4v) is 3.05. The lowest BCUT2D eigenvalue weighted by atomic mass is 10.2. The Balaban J connectivity index is 1.31. The predicted octanol–water partition coefficient (Wildman–Crippen LogP) is 3.13. The molecule has 4 aromatic rings. The normalized spacial score (nSPS) is 12.1. The summed E-state index contributed by atoms with van der Waals surface area (Å²) in [6.07, 6.45) is 6.69. The second-order valence-corrected chi connectivity index (χ2v) is 6.92. The first-order valence-electron chi connectivity index (χ1n) is 9.61. The minimum absolute atomic E-state index is 0.231. The van der Waals surface area contributed by atoms with Crippen LogP contribution in [0.2, 0.25) is 0 Å². The van der Waals surface area contributed by atoms with Gasteiger partial charge in [-0.05, 0) is 36.8 Å². The zero-order valence-corrected chi connectivity index (χ0v) is 16.9. The van der Waals surface area contributed by atoms with Gasteiger partial charge >= 0.3 is 0 Å². The van der Waals surface area contributed by atoms with Crippen LogP contribution in [0.25, 0.3) is 5.65 Å². The molecule has 154 valence electrons. The Bertz CT molecular complexity index is 1120. The van der Waals surface area contributed by atoms with Gasteiger partial charge in [0, 0.05) is 18.6 Å². The van der Waals surface area contributed by atoms with E-state index in [1.54, 1.807) is 31.1 Å². The van der Waals surface area contributed by atoms with Crippen molar-refractivity contribution in [1.82, 2.24) is 19.2 Å². The molecule has 0 aliphatic carbocycles. The third kappa shape index (κ3) is 4.66. The van der Waals surface area contributed by atoms with Crippen molar-refractivity contribution in [3.8, 4) is 5.75 Å². The Morgan fingerprint density at radius 3 is 2.93 bits per heavy atom. The van der Waals surface area contributed by atoms with Gasteiger partial charge in [0.25, 0.3) is 5.91 Å². The average molecular weight is 405 g/mol. The van der Waals surface area contributed by atoms with Gasteiger partial charge in [0.1, 0.15) is 17.5 Å². The number of aromatic nitrogens is 4. The third-order valence-corrected chi connectivity index (χ3v) is 4.64. The number of amides is 1. The standard InChI is InChI=1S/C22H23N5O3/c1-16(30-15-17-6-5-7-20(10-17)29-2)22(28)25-18-11-23-27(13-18)14-19-12-26-9-4-3-8-21(26)24-19/h3-13,16H,14-15H2,1-2H3,(H,25,28). The van der Waals surface area contributed by atoms with E-state index in [0.29, 0.717) is 18.8 Å². The van der Waals surface area contributed by atoms with E-state index >= 15 is 0 Å². The Morgan fingerprint density at radius 1 is 1.20 bits per heavy atom. The van der Waals surface area contributed by atoms with Crippen LogP contribution < -0.4 is 10.1 Å². The fourth-order valence-electron chi connectivity index (χ4n) is 3.05. The van der Waals surface area contributed by atoms with Crippen LogP contribution in [0, 0.1) is 0 Å². The summed E-state index contributed by atoms with van der Waals surface area (Å²) in [5.74, 6) is 0.524. The molecule has 0 saturated heterocycles. The molecule has 4 rings (SSSR count). The molecule has 0 bridgehead atoms. The Morgan fingerprint density at radius 2 is 2.10 bits per heavy atom. The van der Waals surface area contributed by atoms with E-state index in [2.05, 4.69) is 15.4 Å². The van der Waals surface area contributed by atoms with Gasteiger partial charge in [0.2, 0.25) is 0 Å². The number of carbonyl (C=O) groups excluding carboxylic acids is 1. The van der Waals surface area contributed by atoms with E-state index in [0.717, 1.165) is 22.7 Å². The van der Waals surface area contributed by atoms with Crippen molar-refractivity contribution in [3.63, 3.8) is 0 Å². The number of fused-ring (bicyclic) bond motifs is 1. The number of nitrogens with zero attached hydrogens (tertiary/aromatic N) is 4. The first-order valence-corrected chi connectivity index (χ1v) is 9.61. The van der Waals surface area contributed by atoms with E-state index in [1.165, 1.54) is 0 Å². The van der Waals surface area contributed by atoms with Crippen LogP contribution >= 0.6 is 0 Å². The summed E-state index contributed by atoms with van der Waals surface area (Å²) in [5.41, 5.74) is 3.32. The number of imidazole rings is 1. The number of hydrogen-bond acceptors (Lipinski definition) is 5. The van der Waals surface area contributed by atoms with Crippen LogP contribution in [0.3, 0.4) is 0 Å². The highest BCUT2D eigenvalue weighted by Crippen LogP contribution is 2.15. The summed E-state index contributed by atoms with van der Waals surface area (Å²) in [7, 11) is 1.62. The molecule has 8 heteroatoms. The molecule has 0 saturated carbocycles. The van der Waals surface area contributed by atoms with Crippen LogP contribution in [-0.2, 0) is 22.7 Å². The number of hydrogen-bond donors (Lipinski definition) is 1. The van der Waals surface area contributed by atoms with Crippen molar-refractivity contribution < 1.29 is 14.3 Å². The first-order chi connectivity index (χ1) is 14.6. The van der Waals surface area contributed by atoms with Crippen molar-refractivity contribution in [3.05, 3.63) is 78.5 Å². The maximum Gasteiger partial charge on any atom is 0.253 e. The van der Waals surface area contributed by atoms with Crippen molar-refractivity contribution >= 4 is 17.2 Å². The number of benzene rings is 1. The highest BCUT2D eigenvalue weighted by Gasteiger charge is 2.15. The number of ether oxygens (including phenoxy) is 2. The largest absolute Gasteiger partial charge is 0.497 e. The molecule has 0 spiro atoms. The van der Waals surface area contributed by atoms with Gasteiger partial charge in [-0.15, -0.1) is 0 Å². The van der Waals surface area contributed by atoms with Crippen molar-refractivity contribution in [2.24, 2.45) is 0 Å². The van der Waals surface area contributed by atoms with Crippen LogP contribution in [0.4, 0.5) is 5.69 Å². The van der Waals surface area contributed by atoms with Gasteiger partial charge in [0.05, 0.1) is 37.8 Å². The number of rotatable bonds is 8. The van der Waals surface area contributed by atoms with E-state index in [1.807, 2.05) is 59.3 Å². The monoisotopic (exact) mass is 405 g/mol. The van der Waals surface area contributed by atoms with E-state index in [9.17, 15) is 4.79 Å². The second-order valence-electron chi connectivity index (χ2n) is 6.92. The number of anilines is 1. The lowest BCUT2D eigenvalue weighted by Gasteiger charge is -2.13. The number of nitrogens with one attached hydrogen (secondary N) is 1. The number of carbonyl (C=O) groups is 1. The third-order valence-electron chi connectivity index (χ3n) is 4.64. The molecule has 3 heterocycles. The molecule has 1 atom stereocenters. The van der Waals surface area contributed by atoms with E-state index in [4.69, 9.17) is 9.47 Å². The molecule has 0 radical (unpaired) electrons. The lowest BCUT2D eigenvalue weighted by molar-refractivity contribution is -0.127. The quantitative estimate of drug-likeness (QED) is 0.487. The van der Waals surface area contributed by atoms with Gasteiger partial charge in [-0.1, -0.05) is 18.2 Å². The van der Waals surface area contributed by atoms with Gasteiger partial charge in [-0.2, -0.15) is 5.10 Å². The summed E-state index contributed by atoms with van der Waals surface area (Å²) in [5, 5.41) is 7.14. The van der Waals surface area contributed by atoms with Gasteiger partial charge < -0.3 is 19.2 Å². The molecule has 1 aromatic carbocycles. The number of methoxy groups -OCH3 is 1. The molecule has 0 fully saturated rings. The fraction of sp³-hybridized carbons (Fsp3) is 0.227. The maximum atomic E-state index is 12.4. The highest BCUT2D eigenvalue weighted by molar-refractivity contribution is 5.93. The summed E-state index contributed by atoms with van der Waals surface area (Å²) in [4.78, 5) is 17.0. The van der Waals surface area contributed by atoms with Crippen molar-refractivity contribution in [1.29, 1.82) is 0 Å². The van der Waals surface area contributed by atoms with Gasteiger partial charge in [-0.25, -0.2) is 4.98 Å². The summed E-state index contributed by atoms with van der Waals surface area (Å²) in [6.45, 7) is 2.55. The zero-order valence-electron chi connectivity index (χ0n) is 16.9. The molecule has 30 heavy (non-hydrogen) atoms. The van der Waals surface area contributed by atoms with Crippen molar-refractivity contribution in [2.75, 3.05) is 12.4 Å². The van der Waals surface area contributed by atoms with Gasteiger partial charge in [-0.3, -0.25) is 9.48 Å². The average Bonchev–Trinajstić information content (AvgIpc) is 3.38. The summed E-state index contributed by atoms with van der Waals surface area (Å²) in [6, 6.07) is 13.4. The smallest absolute Gasteiger partial charge is 0.253 e. The maximum absolute atomic E-state index is 12.4. The topological polar surface area (TPSA) is 82.7 Å². The Labute approximate surface area is 174 Å². The first kappa shape index (κ1) is 19.7. The van der Waals surface area contributed by atoms with E-state index < -0.39 is 6.10 Å².